The van der Waals surface area contributed by atoms with E-state index in [4.69, 9.17) is 5.26 Å². The van der Waals surface area contributed by atoms with Crippen molar-refractivity contribution in [1.82, 2.24) is 4.90 Å². The quantitative estimate of drug-likeness (QED) is 0.652. The Labute approximate surface area is 80.3 Å². The number of carbonyl (C=O) groups is 1. The SMILES string of the molecule is CCCCC(=O)N(C)C(C)CC#N. The van der Waals surface area contributed by atoms with E-state index in [2.05, 4.69) is 13.0 Å². The molecule has 74 valence electrons. The molecule has 0 radical (unpaired) electrons. The van der Waals surface area contributed by atoms with E-state index in [9.17, 15) is 4.79 Å². The Morgan fingerprint density at radius 3 is 2.69 bits per heavy atom. The van der Waals surface area contributed by atoms with Gasteiger partial charge in [0.05, 0.1) is 12.5 Å². The van der Waals surface area contributed by atoms with Gasteiger partial charge >= 0.3 is 0 Å². The largest absolute Gasteiger partial charge is 0.342 e. The van der Waals surface area contributed by atoms with Gasteiger partial charge in [-0.15, -0.1) is 0 Å². The molecule has 0 aromatic heterocycles. The minimum atomic E-state index is 0.0364. The van der Waals surface area contributed by atoms with E-state index < -0.39 is 0 Å². The first-order valence-corrected chi connectivity index (χ1v) is 4.76. The van der Waals surface area contributed by atoms with Crippen molar-refractivity contribution in [2.24, 2.45) is 0 Å². The van der Waals surface area contributed by atoms with E-state index in [0.29, 0.717) is 12.8 Å². The monoisotopic (exact) mass is 182 g/mol. The molecule has 3 heteroatoms. The van der Waals surface area contributed by atoms with Crippen molar-refractivity contribution in [3.05, 3.63) is 0 Å². The molecule has 0 rings (SSSR count). The summed E-state index contributed by atoms with van der Waals surface area (Å²) in [4.78, 5) is 13.1. The summed E-state index contributed by atoms with van der Waals surface area (Å²) in [5.74, 6) is 0.143. The molecular formula is C10H18N2O. The number of carbonyl (C=O) groups excluding carboxylic acids is 1. The predicted molar refractivity (Wildman–Crippen MR) is 52.0 cm³/mol. The fourth-order valence-corrected chi connectivity index (χ4v) is 1.02. The Bertz CT molecular complexity index is 196. The van der Waals surface area contributed by atoms with Crippen LogP contribution in [-0.2, 0) is 4.79 Å². The van der Waals surface area contributed by atoms with Crippen LogP contribution in [0.2, 0.25) is 0 Å². The number of nitrogens with zero attached hydrogens (tertiary/aromatic N) is 2. The summed E-state index contributed by atoms with van der Waals surface area (Å²) in [6.07, 6.45) is 2.98. The standard InChI is InChI=1S/C10H18N2O/c1-4-5-6-10(13)12(3)9(2)7-8-11/h9H,4-7H2,1-3H3. The first kappa shape index (κ1) is 12.0. The van der Waals surface area contributed by atoms with Crippen molar-refractivity contribution in [1.29, 1.82) is 5.26 Å². The van der Waals surface area contributed by atoms with Crippen molar-refractivity contribution in [2.75, 3.05) is 7.05 Å². The van der Waals surface area contributed by atoms with Gasteiger partial charge < -0.3 is 4.90 Å². The zero-order valence-corrected chi connectivity index (χ0v) is 8.71. The van der Waals surface area contributed by atoms with E-state index in [1.807, 2.05) is 6.92 Å². The molecule has 1 atom stereocenters. The van der Waals surface area contributed by atoms with Crippen LogP contribution in [0.15, 0.2) is 0 Å². The number of hydrogen-bond acceptors (Lipinski definition) is 2. The lowest BCUT2D eigenvalue weighted by Gasteiger charge is -2.22. The van der Waals surface area contributed by atoms with Crippen molar-refractivity contribution >= 4 is 5.91 Å². The van der Waals surface area contributed by atoms with Crippen LogP contribution in [0, 0.1) is 11.3 Å². The normalized spacial score (nSPS) is 11.8. The lowest BCUT2D eigenvalue weighted by molar-refractivity contribution is -0.131. The van der Waals surface area contributed by atoms with Crippen LogP contribution in [0.5, 0.6) is 0 Å². The molecule has 0 N–H and O–H groups in total. The van der Waals surface area contributed by atoms with E-state index in [1.165, 1.54) is 0 Å². The van der Waals surface area contributed by atoms with Gasteiger partial charge in [-0.2, -0.15) is 5.26 Å². The van der Waals surface area contributed by atoms with E-state index in [1.54, 1.807) is 11.9 Å². The van der Waals surface area contributed by atoms with Crippen LogP contribution in [0.3, 0.4) is 0 Å². The molecule has 0 aliphatic heterocycles. The van der Waals surface area contributed by atoms with Gasteiger partial charge in [-0.3, -0.25) is 4.79 Å². The number of hydrogen-bond donors (Lipinski definition) is 0. The van der Waals surface area contributed by atoms with Gasteiger partial charge in [-0.25, -0.2) is 0 Å². The number of amides is 1. The van der Waals surface area contributed by atoms with E-state index in [0.717, 1.165) is 12.8 Å². The predicted octanol–water partition coefficient (Wildman–Crippen LogP) is 1.94. The zero-order chi connectivity index (χ0) is 10.3. The Morgan fingerprint density at radius 2 is 2.23 bits per heavy atom. The van der Waals surface area contributed by atoms with Crippen molar-refractivity contribution in [3.8, 4) is 6.07 Å². The van der Waals surface area contributed by atoms with Gasteiger partial charge in [0, 0.05) is 19.5 Å². The molecule has 0 saturated heterocycles. The molecule has 1 unspecified atom stereocenters. The Balaban J connectivity index is 3.88. The molecule has 13 heavy (non-hydrogen) atoms. The zero-order valence-electron chi connectivity index (χ0n) is 8.71. The van der Waals surface area contributed by atoms with Crippen LogP contribution in [0.4, 0.5) is 0 Å². The summed E-state index contributed by atoms with van der Waals surface area (Å²) in [7, 11) is 1.76. The van der Waals surface area contributed by atoms with Crippen LogP contribution in [-0.4, -0.2) is 23.9 Å². The molecule has 0 spiro atoms. The Kier molecular flexibility index (Phi) is 5.96. The van der Waals surface area contributed by atoms with Crippen molar-refractivity contribution in [3.63, 3.8) is 0 Å². The molecule has 0 aliphatic carbocycles. The van der Waals surface area contributed by atoms with Gasteiger partial charge in [0.1, 0.15) is 0 Å². The maximum Gasteiger partial charge on any atom is 0.222 e. The van der Waals surface area contributed by atoms with Crippen LogP contribution >= 0.6 is 0 Å². The fraction of sp³-hybridized carbons (Fsp3) is 0.800. The first-order valence-electron chi connectivity index (χ1n) is 4.76. The van der Waals surface area contributed by atoms with Crippen LogP contribution in [0.25, 0.3) is 0 Å². The van der Waals surface area contributed by atoms with E-state index in [-0.39, 0.29) is 11.9 Å². The molecule has 3 nitrogen and oxygen atoms in total. The lowest BCUT2D eigenvalue weighted by atomic mass is 10.2. The molecule has 0 aromatic carbocycles. The molecular weight excluding hydrogens is 164 g/mol. The highest BCUT2D eigenvalue weighted by atomic mass is 16.2. The maximum atomic E-state index is 11.4. The highest BCUT2D eigenvalue weighted by Gasteiger charge is 2.13. The fourth-order valence-electron chi connectivity index (χ4n) is 1.02. The maximum absolute atomic E-state index is 11.4. The molecule has 0 bridgehead atoms. The van der Waals surface area contributed by atoms with Gasteiger partial charge in [0.25, 0.3) is 0 Å². The summed E-state index contributed by atoms with van der Waals surface area (Å²) in [5, 5.41) is 8.46. The summed E-state index contributed by atoms with van der Waals surface area (Å²) in [5.41, 5.74) is 0. The number of rotatable bonds is 5. The van der Waals surface area contributed by atoms with Gasteiger partial charge in [0.15, 0.2) is 0 Å². The van der Waals surface area contributed by atoms with Crippen LogP contribution in [0.1, 0.15) is 39.5 Å². The van der Waals surface area contributed by atoms with Crippen molar-refractivity contribution in [2.45, 2.75) is 45.6 Å². The number of unbranched alkanes of at least 4 members (excludes halogenated alkanes) is 1. The minimum absolute atomic E-state index is 0.0364. The highest BCUT2D eigenvalue weighted by molar-refractivity contribution is 5.76. The second kappa shape index (κ2) is 6.47. The smallest absolute Gasteiger partial charge is 0.222 e. The average Bonchev–Trinajstić information content (AvgIpc) is 2.13. The lowest BCUT2D eigenvalue weighted by Crippen LogP contribution is -2.34. The minimum Gasteiger partial charge on any atom is -0.342 e. The van der Waals surface area contributed by atoms with Crippen molar-refractivity contribution < 1.29 is 4.79 Å². The average molecular weight is 182 g/mol. The summed E-state index contributed by atoms with van der Waals surface area (Å²) in [6.45, 7) is 3.96. The topological polar surface area (TPSA) is 44.1 Å². The second-order valence-electron chi connectivity index (χ2n) is 3.32. The molecule has 0 aliphatic rings. The second-order valence-corrected chi connectivity index (χ2v) is 3.32. The molecule has 0 fully saturated rings. The summed E-state index contributed by atoms with van der Waals surface area (Å²) < 4.78 is 0. The molecule has 0 saturated carbocycles. The Morgan fingerprint density at radius 1 is 1.62 bits per heavy atom. The van der Waals surface area contributed by atoms with Gasteiger partial charge in [-0.05, 0) is 13.3 Å². The third-order valence-corrected chi connectivity index (χ3v) is 2.19. The third-order valence-electron chi connectivity index (χ3n) is 2.19. The molecule has 0 heterocycles. The van der Waals surface area contributed by atoms with Gasteiger partial charge in [0.2, 0.25) is 5.91 Å². The molecule has 0 aromatic rings. The number of nitriles is 1. The Hall–Kier alpha value is -1.04. The summed E-state index contributed by atoms with van der Waals surface area (Å²) >= 11 is 0. The molecule has 1 amide bonds. The first-order chi connectivity index (χ1) is 6.13. The van der Waals surface area contributed by atoms with Crippen LogP contribution < -0.4 is 0 Å². The van der Waals surface area contributed by atoms with E-state index >= 15 is 0 Å². The highest BCUT2D eigenvalue weighted by Crippen LogP contribution is 2.05. The summed E-state index contributed by atoms with van der Waals surface area (Å²) in [6, 6.07) is 2.10. The van der Waals surface area contributed by atoms with Gasteiger partial charge in [-0.1, -0.05) is 13.3 Å². The third kappa shape index (κ3) is 4.51.